The van der Waals surface area contributed by atoms with Crippen LogP contribution >= 0.6 is 15.9 Å². The van der Waals surface area contributed by atoms with Crippen molar-refractivity contribution in [1.82, 2.24) is 10.3 Å². The fraction of sp³-hybridized carbons (Fsp3) is 0.214. The van der Waals surface area contributed by atoms with Crippen LogP contribution in [0.4, 0.5) is 0 Å². The van der Waals surface area contributed by atoms with E-state index in [0.717, 1.165) is 11.0 Å². The SMILES string of the molecule is CCNC(c1cccnc1)c1cccc(Br)c1. The Labute approximate surface area is 110 Å². The number of nitrogens with one attached hydrogen (secondary N) is 1. The molecule has 0 radical (unpaired) electrons. The van der Waals surface area contributed by atoms with Gasteiger partial charge in [0.15, 0.2) is 0 Å². The summed E-state index contributed by atoms with van der Waals surface area (Å²) < 4.78 is 1.10. The smallest absolute Gasteiger partial charge is 0.0592 e. The van der Waals surface area contributed by atoms with Crippen molar-refractivity contribution in [2.75, 3.05) is 6.54 Å². The molecule has 1 N–H and O–H groups in total. The third-order valence-corrected chi connectivity index (χ3v) is 3.10. The van der Waals surface area contributed by atoms with Gasteiger partial charge < -0.3 is 5.32 Å². The van der Waals surface area contributed by atoms with Gasteiger partial charge in [-0.25, -0.2) is 0 Å². The number of pyridine rings is 1. The molecule has 1 aromatic carbocycles. The molecule has 0 aliphatic carbocycles. The lowest BCUT2D eigenvalue weighted by Gasteiger charge is -2.18. The fourth-order valence-corrected chi connectivity index (χ4v) is 2.28. The van der Waals surface area contributed by atoms with E-state index in [-0.39, 0.29) is 6.04 Å². The molecule has 0 spiro atoms. The van der Waals surface area contributed by atoms with Crippen LogP contribution in [0.15, 0.2) is 53.3 Å². The highest BCUT2D eigenvalue weighted by molar-refractivity contribution is 9.10. The first kappa shape index (κ1) is 12.3. The Morgan fingerprint density at radius 2 is 2.06 bits per heavy atom. The van der Waals surface area contributed by atoms with Crippen LogP contribution in [0.25, 0.3) is 0 Å². The molecule has 1 aromatic heterocycles. The van der Waals surface area contributed by atoms with Crippen molar-refractivity contribution in [3.63, 3.8) is 0 Å². The quantitative estimate of drug-likeness (QED) is 0.932. The van der Waals surface area contributed by atoms with Crippen LogP contribution in [0.5, 0.6) is 0 Å². The molecule has 0 amide bonds. The van der Waals surface area contributed by atoms with E-state index in [1.807, 2.05) is 18.3 Å². The van der Waals surface area contributed by atoms with Crippen LogP contribution in [0.2, 0.25) is 0 Å². The number of rotatable bonds is 4. The highest BCUT2D eigenvalue weighted by atomic mass is 79.9. The van der Waals surface area contributed by atoms with Gasteiger partial charge in [0, 0.05) is 16.9 Å². The summed E-state index contributed by atoms with van der Waals surface area (Å²) in [5.41, 5.74) is 2.43. The van der Waals surface area contributed by atoms with Crippen molar-refractivity contribution >= 4 is 15.9 Å². The first-order valence-corrected chi connectivity index (χ1v) is 6.49. The molecular formula is C14H15BrN2. The summed E-state index contributed by atoms with van der Waals surface area (Å²) in [5.74, 6) is 0. The van der Waals surface area contributed by atoms with Crippen LogP contribution in [0.3, 0.4) is 0 Å². The number of nitrogens with zero attached hydrogens (tertiary/aromatic N) is 1. The average Bonchev–Trinajstić information content (AvgIpc) is 2.37. The monoisotopic (exact) mass is 290 g/mol. The summed E-state index contributed by atoms with van der Waals surface area (Å²) in [6.07, 6.45) is 3.71. The van der Waals surface area contributed by atoms with Gasteiger partial charge in [-0.15, -0.1) is 0 Å². The van der Waals surface area contributed by atoms with Gasteiger partial charge in [-0.3, -0.25) is 4.98 Å². The first-order valence-electron chi connectivity index (χ1n) is 5.70. The van der Waals surface area contributed by atoms with E-state index in [0.29, 0.717) is 0 Å². The van der Waals surface area contributed by atoms with Crippen LogP contribution in [-0.2, 0) is 0 Å². The van der Waals surface area contributed by atoms with Crippen LogP contribution in [0, 0.1) is 0 Å². The minimum atomic E-state index is 0.200. The molecule has 0 aliphatic rings. The fourth-order valence-electron chi connectivity index (χ4n) is 1.87. The number of hydrogen-bond donors (Lipinski definition) is 1. The minimum Gasteiger partial charge on any atom is -0.306 e. The summed E-state index contributed by atoms with van der Waals surface area (Å²) in [6.45, 7) is 3.04. The third-order valence-electron chi connectivity index (χ3n) is 2.61. The predicted molar refractivity (Wildman–Crippen MR) is 73.9 cm³/mol. The van der Waals surface area contributed by atoms with Gasteiger partial charge in [-0.1, -0.05) is 41.1 Å². The molecule has 2 rings (SSSR count). The van der Waals surface area contributed by atoms with E-state index in [4.69, 9.17) is 0 Å². The van der Waals surface area contributed by atoms with Gasteiger partial charge >= 0.3 is 0 Å². The van der Waals surface area contributed by atoms with Gasteiger partial charge in [-0.2, -0.15) is 0 Å². The summed E-state index contributed by atoms with van der Waals surface area (Å²) in [7, 11) is 0. The lowest BCUT2D eigenvalue weighted by molar-refractivity contribution is 0.628. The second-order valence-corrected chi connectivity index (χ2v) is 4.75. The predicted octanol–water partition coefficient (Wildman–Crippen LogP) is 3.54. The van der Waals surface area contributed by atoms with E-state index < -0.39 is 0 Å². The Hall–Kier alpha value is -1.19. The molecule has 17 heavy (non-hydrogen) atoms. The van der Waals surface area contributed by atoms with E-state index in [1.54, 1.807) is 6.20 Å². The topological polar surface area (TPSA) is 24.9 Å². The first-order chi connectivity index (χ1) is 8.31. The maximum Gasteiger partial charge on any atom is 0.0592 e. The second-order valence-electron chi connectivity index (χ2n) is 3.83. The normalized spacial score (nSPS) is 12.4. The molecule has 2 nitrogen and oxygen atoms in total. The molecule has 1 atom stereocenters. The number of aromatic nitrogens is 1. The van der Waals surface area contributed by atoms with Crippen molar-refractivity contribution < 1.29 is 0 Å². The van der Waals surface area contributed by atoms with E-state index >= 15 is 0 Å². The Balaban J connectivity index is 2.35. The minimum absolute atomic E-state index is 0.200. The lowest BCUT2D eigenvalue weighted by Crippen LogP contribution is -2.22. The lowest BCUT2D eigenvalue weighted by atomic mass is 10.0. The third kappa shape index (κ3) is 3.14. The van der Waals surface area contributed by atoms with E-state index in [9.17, 15) is 0 Å². The maximum atomic E-state index is 4.18. The molecule has 1 unspecified atom stereocenters. The molecular weight excluding hydrogens is 276 g/mol. The molecule has 2 aromatic rings. The van der Waals surface area contributed by atoms with E-state index in [1.165, 1.54) is 11.1 Å². The summed E-state index contributed by atoms with van der Waals surface area (Å²) in [4.78, 5) is 4.18. The largest absolute Gasteiger partial charge is 0.306 e. The number of halogens is 1. The number of benzene rings is 1. The standard InChI is InChI=1S/C14H15BrN2/c1-2-17-14(12-6-4-8-16-10-12)11-5-3-7-13(15)9-11/h3-10,14,17H,2H2,1H3. The Morgan fingerprint density at radius 1 is 1.24 bits per heavy atom. The molecule has 0 aliphatic heterocycles. The zero-order valence-corrected chi connectivity index (χ0v) is 11.3. The molecule has 0 bridgehead atoms. The molecule has 0 fully saturated rings. The van der Waals surface area contributed by atoms with Gasteiger partial charge in [0.2, 0.25) is 0 Å². The average molecular weight is 291 g/mol. The molecule has 3 heteroatoms. The number of hydrogen-bond acceptors (Lipinski definition) is 2. The molecule has 1 heterocycles. The Bertz CT molecular complexity index is 471. The Kier molecular flexibility index (Phi) is 4.29. The molecule has 0 saturated carbocycles. The summed E-state index contributed by atoms with van der Waals surface area (Å²) >= 11 is 3.51. The molecule has 0 saturated heterocycles. The highest BCUT2D eigenvalue weighted by Crippen LogP contribution is 2.23. The van der Waals surface area contributed by atoms with Crippen LogP contribution in [0.1, 0.15) is 24.1 Å². The maximum absolute atomic E-state index is 4.18. The van der Waals surface area contributed by atoms with Crippen molar-refractivity contribution in [1.29, 1.82) is 0 Å². The second kappa shape index (κ2) is 5.94. The highest BCUT2D eigenvalue weighted by Gasteiger charge is 2.12. The zero-order chi connectivity index (χ0) is 12.1. The van der Waals surface area contributed by atoms with Crippen LogP contribution < -0.4 is 5.32 Å². The van der Waals surface area contributed by atoms with Gasteiger partial charge in [0.05, 0.1) is 6.04 Å². The van der Waals surface area contributed by atoms with Crippen LogP contribution in [-0.4, -0.2) is 11.5 Å². The summed E-state index contributed by atoms with van der Waals surface area (Å²) in [6, 6.07) is 12.6. The van der Waals surface area contributed by atoms with Gasteiger partial charge in [0.1, 0.15) is 0 Å². The zero-order valence-electron chi connectivity index (χ0n) is 9.73. The Morgan fingerprint density at radius 3 is 2.71 bits per heavy atom. The van der Waals surface area contributed by atoms with E-state index in [2.05, 4.69) is 57.4 Å². The van der Waals surface area contributed by atoms with Crippen molar-refractivity contribution in [3.05, 3.63) is 64.4 Å². The van der Waals surface area contributed by atoms with Gasteiger partial charge in [-0.05, 0) is 35.9 Å². The van der Waals surface area contributed by atoms with Crippen molar-refractivity contribution in [2.24, 2.45) is 0 Å². The summed E-state index contributed by atoms with van der Waals surface area (Å²) in [5, 5.41) is 3.48. The van der Waals surface area contributed by atoms with Crippen molar-refractivity contribution in [3.8, 4) is 0 Å². The molecule has 88 valence electrons. The van der Waals surface area contributed by atoms with Crippen molar-refractivity contribution in [2.45, 2.75) is 13.0 Å². The van der Waals surface area contributed by atoms with Gasteiger partial charge in [0.25, 0.3) is 0 Å².